The smallest absolute Gasteiger partial charge is 0.255 e. The summed E-state index contributed by atoms with van der Waals surface area (Å²) in [4.78, 5) is 16.3. The van der Waals surface area contributed by atoms with Gasteiger partial charge in [0.1, 0.15) is 5.75 Å². The van der Waals surface area contributed by atoms with Gasteiger partial charge in [-0.2, -0.15) is 0 Å². The Kier molecular flexibility index (Phi) is 6.65. The average Bonchev–Trinajstić information content (AvgIpc) is 3.58. The topological polar surface area (TPSA) is 75.4 Å². The van der Waals surface area contributed by atoms with Crippen LogP contribution in [0.25, 0.3) is 10.9 Å². The summed E-state index contributed by atoms with van der Waals surface area (Å²) in [5.74, 6) is 2.11. The number of amides is 1. The van der Waals surface area contributed by atoms with Crippen molar-refractivity contribution in [2.24, 2.45) is 11.8 Å². The van der Waals surface area contributed by atoms with Crippen molar-refractivity contribution in [2.75, 3.05) is 31.7 Å². The van der Waals surface area contributed by atoms with E-state index >= 15 is 0 Å². The number of carbonyl (C=O) groups is 1. The highest BCUT2D eigenvalue weighted by atomic mass is 16.5. The normalized spacial score (nSPS) is 16.8. The number of benzene rings is 2. The van der Waals surface area contributed by atoms with Gasteiger partial charge in [0.05, 0.1) is 12.1 Å². The minimum Gasteiger partial charge on any atom is -0.493 e. The van der Waals surface area contributed by atoms with Crippen molar-refractivity contribution in [1.82, 2.24) is 10.3 Å². The zero-order chi connectivity index (χ0) is 22.6. The molecule has 1 saturated heterocycles. The van der Waals surface area contributed by atoms with Crippen molar-refractivity contribution >= 4 is 22.5 Å². The lowest BCUT2D eigenvalue weighted by atomic mass is 10.0. The first-order valence-electron chi connectivity index (χ1n) is 12.1. The third kappa shape index (κ3) is 5.57. The van der Waals surface area contributed by atoms with Crippen LogP contribution in [0, 0.1) is 18.8 Å². The van der Waals surface area contributed by atoms with E-state index in [4.69, 9.17) is 9.47 Å². The van der Waals surface area contributed by atoms with E-state index in [0.29, 0.717) is 17.4 Å². The van der Waals surface area contributed by atoms with Gasteiger partial charge in [-0.25, -0.2) is 0 Å². The van der Waals surface area contributed by atoms with Gasteiger partial charge in [-0.3, -0.25) is 4.79 Å². The van der Waals surface area contributed by atoms with E-state index in [9.17, 15) is 4.79 Å². The van der Waals surface area contributed by atoms with Gasteiger partial charge in [0.25, 0.3) is 5.91 Å². The number of aryl methyl sites for hydroxylation is 1. The van der Waals surface area contributed by atoms with Gasteiger partial charge < -0.3 is 25.1 Å². The van der Waals surface area contributed by atoms with E-state index in [0.717, 1.165) is 79.3 Å². The van der Waals surface area contributed by atoms with Gasteiger partial charge in [-0.1, -0.05) is 6.07 Å². The molecule has 0 atom stereocenters. The molecule has 174 valence electrons. The third-order valence-corrected chi connectivity index (χ3v) is 6.75. The number of anilines is 1. The Bertz CT molecular complexity index is 1100. The molecule has 2 fully saturated rings. The summed E-state index contributed by atoms with van der Waals surface area (Å²) in [7, 11) is 0. The minimum atomic E-state index is -0.115. The highest BCUT2D eigenvalue weighted by Gasteiger charge is 2.22. The number of ether oxygens (including phenoxy) is 2. The number of aromatic nitrogens is 1. The first kappa shape index (κ1) is 22.0. The van der Waals surface area contributed by atoms with Crippen LogP contribution >= 0.6 is 0 Å². The van der Waals surface area contributed by atoms with Crippen molar-refractivity contribution in [1.29, 1.82) is 0 Å². The highest BCUT2D eigenvalue weighted by Crippen LogP contribution is 2.30. The summed E-state index contributed by atoms with van der Waals surface area (Å²) in [6.45, 7) is 6.40. The molecule has 2 heterocycles. The highest BCUT2D eigenvalue weighted by molar-refractivity contribution is 6.06. The predicted molar refractivity (Wildman–Crippen MR) is 131 cm³/mol. The lowest BCUT2D eigenvalue weighted by molar-refractivity contribution is 0.0662. The molecular formula is C27H33N3O3. The number of carbonyl (C=O) groups excluding carboxylic acids is 1. The van der Waals surface area contributed by atoms with Gasteiger partial charge in [-0.05, 0) is 92.9 Å². The Morgan fingerprint density at radius 2 is 1.85 bits per heavy atom. The number of H-pyrrole nitrogens is 1. The molecule has 2 aromatic carbocycles. The number of aromatic amines is 1. The fraction of sp³-hybridized carbons (Fsp3) is 0.444. The monoisotopic (exact) mass is 447 g/mol. The Morgan fingerprint density at radius 1 is 1.06 bits per heavy atom. The van der Waals surface area contributed by atoms with Crippen LogP contribution in [0.1, 0.15) is 47.3 Å². The van der Waals surface area contributed by atoms with Gasteiger partial charge in [-0.15, -0.1) is 0 Å². The molecule has 1 saturated carbocycles. The van der Waals surface area contributed by atoms with Gasteiger partial charge >= 0.3 is 0 Å². The molecule has 2 aliphatic rings. The molecular weight excluding hydrogens is 414 g/mol. The largest absolute Gasteiger partial charge is 0.493 e. The molecule has 5 rings (SSSR count). The maximum Gasteiger partial charge on any atom is 0.255 e. The van der Waals surface area contributed by atoms with E-state index in [1.54, 1.807) is 0 Å². The van der Waals surface area contributed by atoms with Crippen LogP contribution in [-0.4, -0.2) is 37.3 Å². The minimum absolute atomic E-state index is 0.115. The second kappa shape index (κ2) is 9.98. The molecule has 0 bridgehead atoms. The lowest BCUT2D eigenvalue weighted by Crippen LogP contribution is -2.27. The first-order valence-corrected chi connectivity index (χ1v) is 12.1. The number of nitrogens with one attached hydrogen (secondary N) is 3. The summed E-state index contributed by atoms with van der Waals surface area (Å²) in [5.41, 5.74) is 4.72. The second-order valence-corrected chi connectivity index (χ2v) is 9.42. The van der Waals surface area contributed by atoms with Crippen LogP contribution in [0.3, 0.4) is 0 Å². The summed E-state index contributed by atoms with van der Waals surface area (Å²) < 4.78 is 11.2. The van der Waals surface area contributed by atoms with E-state index in [1.807, 2.05) is 37.3 Å². The van der Waals surface area contributed by atoms with Crippen molar-refractivity contribution in [3.63, 3.8) is 0 Å². The van der Waals surface area contributed by atoms with Gasteiger partial charge in [0.2, 0.25) is 0 Å². The average molecular weight is 448 g/mol. The number of fused-ring (bicyclic) bond motifs is 1. The van der Waals surface area contributed by atoms with Crippen LogP contribution < -0.4 is 15.4 Å². The Labute approximate surface area is 195 Å². The molecule has 3 N–H and O–H groups in total. The van der Waals surface area contributed by atoms with E-state index < -0.39 is 0 Å². The van der Waals surface area contributed by atoms with Crippen LogP contribution in [0.4, 0.5) is 5.69 Å². The molecule has 6 heteroatoms. The number of hydrogen-bond donors (Lipinski definition) is 3. The van der Waals surface area contributed by atoms with Crippen LogP contribution in [0.2, 0.25) is 0 Å². The standard InChI is InChI=1S/C27H33N3O3/c1-18-25(30-27(31)21-4-7-24(8-5-21)33-17-20-2-3-20)9-6-22-14-23(29-26(18)22)16-28-15-19-10-12-32-13-11-19/h4-9,14,19-20,28-29H,2-3,10-13,15-17H2,1H3,(H,30,31). The van der Waals surface area contributed by atoms with Crippen molar-refractivity contribution in [2.45, 2.75) is 39.2 Å². The maximum atomic E-state index is 12.8. The summed E-state index contributed by atoms with van der Waals surface area (Å²) in [5, 5.41) is 7.80. The van der Waals surface area contributed by atoms with E-state index in [2.05, 4.69) is 27.8 Å². The fourth-order valence-electron chi connectivity index (χ4n) is 4.39. The van der Waals surface area contributed by atoms with Crippen molar-refractivity contribution in [3.8, 4) is 5.75 Å². The molecule has 1 aromatic heterocycles. The zero-order valence-electron chi connectivity index (χ0n) is 19.3. The Hall–Kier alpha value is -2.83. The van der Waals surface area contributed by atoms with Crippen LogP contribution in [0.15, 0.2) is 42.5 Å². The van der Waals surface area contributed by atoms with Crippen molar-refractivity contribution < 1.29 is 14.3 Å². The van der Waals surface area contributed by atoms with E-state index in [1.165, 1.54) is 12.8 Å². The molecule has 6 nitrogen and oxygen atoms in total. The Morgan fingerprint density at radius 3 is 2.61 bits per heavy atom. The molecule has 1 amide bonds. The molecule has 0 radical (unpaired) electrons. The van der Waals surface area contributed by atoms with Crippen LogP contribution in [0.5, 0.6) is 5.75 Å². The van der Waals surface area contributed by atoms with E-state index in [-0.39, 0.29) is 5.91 Å². The van der Waals surface area contributed by atoms with Gasteiger partial charge in [0, 0.05) is 42.1 Å². The quantitative estimate of drug-likeness (QED) is 0.430. The molecule has 3 aromatic rings. The Balaban J connectivity index is 1.19. The van der Waals surface area contributed by atoms with Gasteiger partial charge in [0.15, 0.2) is 0 Å². The maximum absolute atomic E-state index is 12.8. The number of hydrogen-bond acceptors (Lipinski definition) is 4. The summed E-state index contributed by atoms with van der Waals surface area (Å²) in [6, 6.07) is 13.6. The van der Waals surface area contributed by atoms with Crippen molar-refractivity contribution in [3.05, 3.63) is 59.3 Å². The summed E-state index contributed by atoms with van der Waals surface area (Å²) >= 11 is 0. The third-order valence-electron chi connectivity index (χ3n) is 6.75. The fourth-order valence-corrected chi connectivity index (χ4v) is 4.39. The molecule has 0 unspecified atom stereocenters. The van der Waals surface area contributed by atoms with Crippen LogP contribution in [-0.2, 0) is 11.3 Å². The molecule has 0 spiro atoms. The lowest BCUT2D eigenvalue weighted by Gasteiger charge is -2.22. The molecule has 1 aliphatic heterocycles. The zero-order valence-corrected chi connectivity index (χ0v) is 19.3. The predicted octanol–water partition coefficient (Wildman–Crippen LogP) is 5.03. The first-order chi connectivity index (χ1) is 16.2. The second-order valence-electron chi connectivity index (χ2n) is 9.42. The summed E-state index contributed by atoms with van der Waals surface area (Å²) in [6.07, 6.45) is 4.80. The number of rotatable bonds is 9. The molecule has 1 aliphatic carbocycles. The SMILES string of the molecule is Cc1c(NC(=O)c2ccc(OCC3CC3)cc2)ccc2cc(CNCC3CCOCC3)[nH]c12. The molecule has 33 heavy (non-hydrogen) atoms.